The molecule has 2 aliphatic rings. The Morgan fingerprint density at radius 1 is 1.23 bits per heavy atom. The summed E-state index contributed by atoms with van der Waals surface area (Å²) < 4.78 is 11.2. The second kappa shape index (κ2) is 6.18. The third kappa shape index (κ3) is 3.62. The van der Waals surface area contributed by atoms with Crippen molar-refractivity contribution in [3.05, 3.63) is 11.2 Å². The van der Waals surface area contributed by atoms with Gasteiger partial charge in [0.25, 0.3) is 0 Å². The Morgan fingerprint density at radius 2 is 1.91 bits per heavy atom. The number of likely N-dealkylation sites (tertiary alicyclic amines) is 1. The van der Waals surface area contributed by atoms with E-state index in [-0.39, 0.29) is 11.6 Å². The molecule has 0 amide bonds. The van der Waals surface area contributed by atoms with Crippen LogP contribution in [0.4, 0.5) is 5.82 Å². The van der Waals surface area contributed by atoms with Gasteiger partial charge in [-0.25, -0.2) is 0 Å². The Balaban J connectivity index is 1.63. The van der Waals surface area contributed by atoms with Crippen LogP contribution in [0.25, 0.3) is 0 Å². The lowest BCUT2D eigenvalue weighted by atomic mass is 9.99. The van der Waals surface area contributed by atoms with Crippen molar-refractivity contribution >= 4 is 17.4 Å². The fourth-order valence-electron chi connectivity index (χ4n) is 2.60. The fourth-order valence-corrected chi connectivity index (χ4v) is 2.77. The number of ether oxygens (including phenoxy) is 2. The van der Waals surface area contributed by atoms with Crippen LogP contribution in [-0.4, -0.2) is 65.9 Å². The van der Waals surface area contributed by atoms with Crippen molar-refractivity contribution in [3.8, 4) is 6.01 Å². The molecular weight excluding hydrogens is 304 g/mol. The lowest BCUT2D eigenvalue weighted by Gasteiger charge is -2.46. The van der Waals surface area contributed by atoms with Gasteiger partial charge in [0.1, 0.15) is 17.1 Å². The van der Waals surface area contributed by atoms with Gasteiger partial charge in [0.05, 0.1) is 13.2 Å². The van der Waals surface area contributed by atoms with Gasteiger partial charge in [-0.3, -0.25) is 4.90 Å². The summed E-state index contributed by atoms with van der Waals surface area (Å²) in [6, 6.07) is 2.15. The maximum Gasteiger partial charge on any atom is 0.320 e. The van der Waals surface area contributed by atoms with Gasteiger partial charge in [0.15, 0.2) is 0 Å². The first-order valence-electron chi connectivity index (χ1n) is 7.71. The first kappa shape index (κ1) is 15.8. The third-order valence-corrected chi connectivity index (χ3v) is 4.26. The molecule has 0 spiro atoms. The minimum absolute atomic E-state index is 0.134. The van der Waals surface area contributed by atoms with Crippen molar-refractivity contribution in [2.75, 3.05) is 44.3 Å². The maximum absolute atomic E-state index is 6.12. The standard InChI is InChI=1S/C15H23ClN4O2/c1-15(2,3)20-9-11(10-20)22-14-17-12(16)8-13(18-14)19-4-6-21-7-5-19/h8,11H,4-7,9-10H2,1-3H3. The summed E-state index contributed by atoms with van der Waals surface area (Å²) in [6.45, 7) is 11.4. The minimum Gasteiger partial charge on any atom is -0.457 e. The van der Waals surface area contributed by atoms with Crippen LogP contribution in [0.1, 0.15) is 20.8 Å². The molecule has 3 heterocycles. The molecule has 7 heteroatoms. The van der Waals surface area contributed by atoms with Crippen molar-refractivity contribution in [1.82, 2.24) is 14.9 Å². The average molecular weight is 327 g/mol. The first-order chi connectivity index (χ1) is 10.4. The van der Waals surface area contributed by atoms with Crippen LogP contribution in [0.5, 0.6) is 6.01 Å². The molecule has 2 saturated heterocycles. The van der Waals surface area contributed by atoms with E-state index in [0.717, 1.165) is 32.0 Å². The zero-order chi connectivity index (χ0) is 15.7. The highest BCUT2D eigenvalue weighted by Gasteiger charge is 2.36. The van der Waals surface area contributed by atoms with Crippen LogP contribution < -0.4 is 9.64 Å². The van der Waals surface area contributed by atoms with Crippen LogP contribution in [0, 0.1) is 0 Å². The monoisotopic (exact) mass is 326 g/mol. The summed E-state index contributed by atoms with van der Waals surface area (Å²) in [7, 11) is 0. The lowest BCUT2D eigenvalue weighted by Crippen LogP contribution is -2.60. The lowest BCUT2D eigenvalue weighted by molar-refractivity contribution is -0.0387. The van der Waals surface area contributed by atoms with Crippen molar-refractivity contribution < 1.29 is 9.47 Å². The molecule has 0 N–H and O–H groups in total. The predicted molar refractivity (Wildman–Crippen MR) is 85.8 cm³/mol. The van der Waals surface area contributed by atoms with E-state index >= 15 is 0 Å². The highest BCUT2D eigenvalue weighted by Crippen LogP contribution is 2.25. The van der Waals surface area contributed by atoms with Crippen LogP contribution >= 0.6 is 11.6 Å². The van der Waals surface area contributed by atoms with Gasteiger partial charge in [-0.05, 0) is 20.8 Å². The van der Waals surface area contributed by atoms with E-state index in [2.05, 4.69) is 40.5 Å². The maximum atomic E-state index is 6.12. The van der Waals surface area contributed by atoms with E-state index in [9.17, 15) is 0 Å². The van der Waals surface area contributed by atoms with Gasteiger partial charge in [-0.15, -0.1) is 0 Å². The van der Waals surface area contributed by atoms with Crippen LogP contribution in [-0.2, 0) is 4.74 Å². The number of morpholine rings is 1. The van der Waals surface area contributed by atoms with Gasteiger partial charge in [-0.1, -0.05) is 11.6 Å². The van der Waals surface area contributed by atoms with E-state index in [0.29, 0.717) is 24.4 Å². The Kier molecular flexibility index (Phi) is 4.43. The van der Waals surface area contributed by atoms with Gasteiger partial charge in [-0.2, -0.15) is 9.97 Å². The second-order valence-corrected chi connectivity index (χ2v) is 7.13. The highest BCUT2D eigenvalue weighted by molar-refractivity contribution is 6.29. The summed E-state index contributed by atoms with van der Waals surface area (Å²) in [5, 5.41) is 0.415. The zero-order valence-corrected chi connectivity index (χ0v) is 14.1. The summed E-state index contributed by atoms with van der Waals surface area (Å²) in [4.78, 5) is 13.2. The average Bonchev–Trinajstić information content (AvgIpc) is 2.41. The third-order valence-electron chi connectivity index (χ3n) is 4.06. The number of halogens is 1. The summed E-state index contributed by atoms with van der Waals surface area (Å²) in [5.74, 6) is 0.810. The van der Waals surface area contributed by atoms with Crippen LogP contribution in [0.2, 0.25) is 5.15 Å². The van der Waals surface area contributed by atoms with Gasteiger partial charge in [0.2, 0.25) is 0 Å². The predicted octanol–water partition coefficient (Wildman–Crippen LogP) is 1.83. The number of hydrogen-bond acceptors (Lipinski definition) is 6. The number of nitrogens with zero attached hydrogens (tertiary/aromatic N) is 4. The van der Waals surface area contributed by atoms with Crippen LogP contribution in [0.15, 0.2) is 6.07 Å². The van der Waals surface area contributed by atoms with E-state index in [1.54, 1.807) is 6.07 Å². The molecule has 2 fully saturated rings. The fraction of sp³-hybridized carbons (Fsp3) is 0.733. The molecule has 0 atom stereocenters. The molecule has 0 aliphatic carbocycles. The minimum atomic E-state index is 0.134. The summed E-state index contributed by atoms with van der Waals surface area (Å²) in [5.41, 5.74) is 0.175. The number of rotatable bonds is 3. The summed E-state index contributed by atoms with van der Waals surface area (Å²) in [6.07, 6.45) is 0.134. The van der Waals surface area contributed by atoms with Crippen molar-refractivity contribution in [1.29, 1.82) is 0 Å². The molecule has 0 aromatic carbocycles. The molecule has 2 aliphatic heterocycles. The topological polar surface area (TPSA) is 50.7 Å². The molecule has 0 unspecified atom stereocenters. The normalized spacial score (nSPS) is 20.8. The van der Waals surface area contributed by atoms with E-state index in [4.69, 9.17) is 21.1 Å². The zero-order valence-electron chi connectivity index (χ0n) is 13.4. The molecule has 0 bridgehead atoms. The van der Waals surface area contributed by atoms with E-state index in [1.165, 1.54) is 0 Å². The molecule has 1 aromatic rings. The Hall–Kier alpha value is -1.11. The van der Waals surface area contributed by atoms with Gasteiger partial charge < -0.3 is 14.4 Å². The molecule has 122 valence electrons. The molecule has 22 heavy (non-hydrogen) atoms. The highest BCUT2D eigenvalue weighted by atomic mass is 35.5. The number of hydrogen-bond donors (Lipinski definition) is 0. The van der Waals surface area contributed by atoms with Crippen molar-refractivity contribution in [2.24, 2.45) is 0 Å². The SMILES string of the molecule is CC(C)(C)N1CC(Oc2nc(Cl)cc(N3CCOCC3)n2)C1. The summed E-state index contributed by atoms with van der Waals surface area (Å²) >= 11 is 6.12. The molecule has 0 saturated carbocycles. The molecule has 1 aromatic heterocycles. The van der Waals surface area contributed by atoms with Gasteiger partial charge in [0, 0.05) is 37.8 Å². The molecule has 0 radical (unpaired) electrons. The molecular formula is C15H23ClN4O2. The van der Waals surface area contributed by atoms with Crippen LogP contribution in [0.3, 0.4) is 0 Å². The van der Waals surface area contributed by atoms with E-state index < -0.39 is 0 Å². The Bertz CT molecular complexity index is 523. The van der Waals surface area contributed by atoms with Gasteiger partial charge >= 0.3 is 6.01 Å². The number of anilines is 1. The number of aromatic nitrogens is 2. The van der Waals surface area contributed by atoms with E-state index in [1.807, 2.05) is 0 Å². The Labute approximate surface area is 136 Å². The first-order valence-corrected chi connectivity index (χ1v) is 8.08. The smallest absolute Gasteiger partial charge is 0.320 e. The van der Waals surface area contributed by atoms with Crippen molar-refractivity contribution in [3.63, 3.8) is 0 Å². The Morgan fingerprint density at radius 3 is 2.55 bits per heavy atom. The molecule has 3 rings (SSSR count). The largest absolute Gasteiger partial charge is 0.457 e. The quantitative estimate of drug-likeness (QED) is 0.790. The second-order valence-electron chi connectivity index (χ2n) is 6.75. The molecule has 6 nitrogen and oxygen atoms in total. The van der Waals surface area contributed by atoms with Crippen molar-refractivity contribution in [2.45, 2.75) is 32.4 Å².